The molecular formula is C12H20N2O2S. The van der Waals surface area contributed by atoms with Crippen molar-refractivity contribution < 1.29 is 8.42 Å². The molecule has 0 aromatic heterocycles. The van der Waals surface area contributed by atoms with Crippen LogP contribution in [0.15, 0.2) is 23.1 Å². The van der Waals surface area contributed by atoms with Gasteiger partial charge in [0.05, 0.1) is 4.90 Å². The van der Waals surface area contributed by atoms with Crippen molar-refractivity contribution in [3.8, 4) is 0 Å². The van der Waals surface area contributed by atoms with Gasteiger partial charge in [-0.05, 0) is 36.6 Å². The van der Waals surface area contributed by atoms with E-state index in [0.29, 0.717) is 12.1 Å². The second kappa shape index (κ2) is 6.02. The second-order valence-corrected chi connectivity index (χ2v) is 5.75. The van der Waals surface area contributed by atoms with Crippen molar-refractivity contribution >= 4 is 15.7 Å². The van der Waals surface area contributed by atoms with Crippen LogP contribution in [0.5, 0.6) is 0 Å². The van der Waals surface area contributed by atoms with Crippen LogP contribution in [0, 0.1) is 0 Å². The van der Waals surface area contributed by atoms with Gasteiger partial charge in [-0.1, -0.05) is 26.2 Å². The molecule has 1 aromatic rings. The Balaban J connectivity index is 2.85. The van der Waals surface area contributed by atoms with Crippen molar-refractivity contribution in [3.05, 3.63) is 23.8 Å². The highest BCUT2D eigenvalue weighted by atomic mass is 32.2. The average Bonchev–Trinajstić information content (AvgIpc) is 2.23. The van der Waals surface area contributed by atoms with E-state index in [4.69, 9.17) is 10.9 Å². The number of aryl methyl sites for hydroxylation is 1. The summed E-state index contributed by atoms with van der Waals surface area (Å²) in [5.41, 5.74) is 6.96. The van der Waals surface area contributed by atoms with Gasteiger partial charge in [0.1, 0.15) is 0 Å². The molecule has 0 aliphatic rings. The Morgan fingerprint density at radius 2 is 1.88 bits per heavy atom. The van der Waals surface area contributed by atoms with Crippen LogP contribution in [0.3, 0.4) is 0 Å². The van der Waals surface area contributed by atoms with E-state index in [1.807, 2.05) is 0 Å². The molecule has 0 amide bonds. The number of sulfonamides is 1. The first-order chi connectivity index (χ1) is 7.95. The van der Waals surface area contributed by atoms with Crippen molar-refractivity contribution in [2.45, 2.75) is 43.9 Å². The molecule has 17 heavy (non-hydrogen) atoms. The third-order valence-electron chi connectivity index (χ3n) is 2.69. The van der Waals surface area contributed by atoms with Crippen molar-refractivity contribution in [1.82, 2.24) is 0 Å². The van der Waals surface area contributed by atoms with Gasteiger partial charge in [-0.2, -0.15) is 0 Å². The summed E-state index contributed by atoms with van der Waals surface area (Å²) >= 11 is 0. The first-order valence-electron chi connectivity index (χ1n) is 5.86. The molecule has 1 rings (SSSR count). The minimum Gasteiger partial charge on any atom is -0.399 e. The lowest BCUT2D eigenvalue weighted by Gasteiger charge is -2.08. The summed E-state index contributed by atoms with van der Waals surface area (Å²) in [5.74, 6) is 0. The first-order valence-corrected chi connectivity index (χ1v) is 7.41. The van der Waals surface area contributed by atoms with Crippen molar-refractivity contribution in [3.63, 3.8) is 0 Å². The molecule has 96 valence electrons. The van der Waals surface area contributed by atoms with Gasteiger partial charge < -0.3 is 5.73 Å². The Morgan fingerprint density at radius 3 is 2.47 bits per heavy atom. The van der Waals surface area contributed by atoms with E-state index in [1.54, 1.807) is 12.1 Å². The highest BCUT2D eigenvalue weighted by molar-refractivity contribution is 7.89. The molecule has 0 saturated heterocycles. The third kappa shape index (κ3) is 4.36. The van der Waals surface area contributed by atoms with E-state index in [1.165, 1.54) is 6.07 Å². The molecule has 4 N–H and O–H groups in total. The molecule has 0 aliphatic carbocycles. The van der Waals surface area contributed by atoms with Crippen LogP contribution < -0.4 is 10.9 Å². The maximum Gasteiger partial charge on any atom is 0.238 e. The minimum absolute atomic E-state index is 0.197. The van der Waals surface area contributed by atoms with Crippen LogP contribution >= 0.6 is 0 Å². The highest BCUT2D eigenvalue weighted by Gasteiger charge is 2.13. The summed E-state index contributed by atoms with van der Waals surface area (Å²) in [7, 11) is -3.65. The molecule has 0 bridgehead atoms. The quantitative estimate of drug-likeness (QED) is 0.603. The number of nitrogens with two attached hydrogens (primary N) is 2. The Bertz CT molecular complexity index is 469. The Kier molecular flexibility index (Phi) is 4.96. The molecule has 0 heterocycles. The van der Waals surface area contributed by atoms with Crippen LogP contribution in [-0.4, -0.2) is 8.42 Å². The monoisotopic (exact) mass is 256 g/mol. The van der Waals surface area contributed by atoms with Gasteiger partial charge in [-0.3, -0.25) is 0 Å². The molecule has 0 radical (unpaired) electrons. The van der Waals surface area contributed by atoms with Gasteiger partial charge >= 0.3 is 0 Å². The summed E-state index contributed by atoms with van der Waals surface area (Å²) < 4.78 is 22.8. The standard InChI is InChI=1S/C12H20N2O2S/c1-2-3-4-5-6-10-9-11(13)7-8-12(10)17(14,15)16/h7-9H,2-6,13H2,1H3,(H2,14,15,16). The van der Waals surface area contributed by atoms with Gasteiger partial charge in [0, 0.05) is 5.69 Å². The number of benzene rings is 1. The molecule has 0 spiro atoms. The van der Waals surface area contributed by atoms with E-state index in [2.05, 4.69) is 6.92 Å². The lowest BCUT2D eigenvalue weighted by molar-refractivity contribution is 0.595. The number of nitrogen functional groups attached to an aromatic ring is 1. The van der Waals surface area contributed by atoms with E-state index in [9.17, 15) is 8.42 Å². The van der Waals surface area contributed by atoms with Crippen molar-refractivity contribution in [1.29, 1.82) is 0 Å². The molecule has 0 saturated carbocycles. The zero-order chi connectivity index (χ0) is 12.9. The van der Waals surface area contributed by atoms with Gasteiger partial charge in [0.2, 0.25) is 10.0 Å². The summed E-state index contributed by atoms with van der Waals surface area (Å²) in [5, 5.41) is 5.17. The fourth-order valence-corrected chi connectivity index (χ4v) is 2.60. The normalized spacial score (nSPS) is 11.6. The number of primary sulfonamides is 1. The van der Waals surface area contributed by atoms with Gasteiger partial charge in [-0.15, -0.1) is 0 Å². The number of anilines is 1. The molecule has 0 aliphatic heterocycles. The van der Waals surface area contributed by atoms with Gasteiger partial charge in [0.25, 0.3) is 0 Å². The summed E-state index contributed by atoms with van der Waals surface area (Å²) in [4.78, 5) is 0.197. The van der Waals surface area contributed by atoms with Crippen LogP contribution in [0.4, 0.5) is 5.69 Å². The van der Waals surface area contributed by atoms with Crippen molar-refractivity contribution in [2.24, 2.45) is 5.14 Å². The average molecular weight is 256 g/mol. The zero-order valence-corrected chi connectivity index (χ0v) is 11.0. The predicted octanol–water partition coefficient (Wildman–Crippen LogP) is 2.04. The van der Waals surface area contributed by atoms with E-state index >= 15 is 0 Å². The Hall–Kier alpha value is -1.07. The second-order valence-electron chi connectivity index (χ2n) is 4.22. The molecular weight excluding hydrogens is 236 g/mol. The third-order valence-corrected chi connectivity index (χ3v) is 3.70. The van der Waals surface area contributed by atoms with Gasteiger partial charge in [-0.25, -0.2) is 13.6 Å². The topological polar surface area (TPSA) is 86.2 Å². The summed E-state index contributed by atoms with van der Waals surface area (Å²) in [6, 6.07) is 4.75. The maximum absolute atomic E-state index is 11.4. The highest BCUT2D eigenvalue weighted by Crippen LogP contribution is 2.20. The first kappa shape index (κ1) is 14.0. The van der Waals surface area contributed by atoms with Gasteiger partial charge in [0.15, 0.2) is 0 Å². The fraction of sp³-hybridized carbons (Fsp3) is 0.500. The number of hydrogen-bond acceptors (Lipinski definition) is 3. The molecule has 4 nitrogen and oxygen atoms in total. The molecule has 0 atom stereocenters. The molecule has 1 aromatic carbocycles. The fourth-order valence-electron chi connectivity index (χ4n) is 1.81. The smallest absolute Gasteiger partial charge is 0.238 e. The van der Waals surface area contributed by atoms with Crippen LogP contribution in [-0.2, 0) is 16.4 Å². The van der Waals surface area contributed by atoms with Crippen molar-refractivity contribution in [2.75, 3.05) is 5.73 Å². The predicted molar refractivity (Wildman–Crippen MR) is 70.1 cm³/mol. The number of unbranched alkanes of at least 4 members (excludes halogenated alkanes) is 3. The molecule has 0 fully saturated rings. The molecule has 5 heteroatoms. The van der Waals surface area contributed by atoms with Crippen LogP contribution in [0.2, 0.25) is 0 Å². The summed E-state index contributed by atoms with van der Waals surface area (Å²) in [6.45, 7) is 2.14. The lowest BCUT2D eigenvalue weighted by atomic mass is 10.1. The Labute approximate surface area is 103 Å². The maximum atomic E-state index is 11.4. The number of rotatable bonds is 6. The SMILES string of the molecule is CCCCCCc1cc(N)ccc1S(N)(=O)=O. The van der Waals surface area contributed by atoms with E-state index in [-0.39, 0.29) is 4.90 Å². The van der Waals surface area contributed by atoms with E-state index < -0.39 is 10.0 Å². The Morgan fingerprint density at radius 1 is 1.18 bits per heavy atom. The largest absolute Gasteiger partial charge is 0.399 e. The zero-order valence-electron chi connectivity index (χ0n) is 10.1. The van der Waals surface area contributed by atoms with Crippen LogP contribution in [0.25, 0.3) is 0 Å². The lowest BCUT2D eigenvalue weighted by Crippen LogP contribution is -2.14. The summed E-state index contributed by atoms with van der Waals surface area (Å²) in [6.07, 6.45) is 5.07. The minimum atomic E-state index is -3.65. The van der Waals surface area contributed by atoms with E-state index in [0.717, 1.165) is 31.2 Å². The number of hydrogen-bond donors (Lipinski definition) is 2. The van der Waals surface area contributed by atoms with Crippen LogP contribution in [0.1, 0.15) is 38.2 Å². The molecule has 0 unspecified atom stereocenters.